The number of methoxy groups -OCH3 is 1. The zero-order valence-corrected chi connectivity index (χ0v) is 8.99. The lowest BCUT2D eigenvalue weighted by Crippen LogP contribution is -2.50. The Hall–Kier alpha value is -0.610. The van der Waals surface area contributed by atoms with Gasteiger partial charge in [0.1, 0.15) is 6.04 Å². The van der Waals surface area contributed by atoms with E-state index in [0.29, 0.717) is 6.61 Å². The molecule has 0 radical (unpaired) electrons. The highest BCUT2D eigenvalue weighted by molar-refractivity contribution is 5.75. The third kappa shape index (κ3) is 2.96. The van der Waals surface area contributed by atoms with Gasteiger partial charge in [-0.3, -0.25) is 9.69 Å². The molecule has 82 valence electrons. The highest BCUT2D eigenvalue weighted by Crippen LogP contribution is 2.09. The van der Waals surface area contributed by atoms with Gasteiger partial charge in [-0.25, -0.2) is 0 Å². The molecule has 0 aromatic carbocycles. The summed E-state index contributed by atoms with van der Waals surface area (Å²) in [7, 11) is 1.43. The summed E-state index contributed by atoms with van der Waals surface area (Å²) in [6, 6.07) is -0.194. The predicted octanol–water partition coefficient (Wildman–Crippen LogP) is 0.660. The third-order valence-corrected chi connectivity index (χ3v) is 2.51. The Kier molecular flexibility index (Phi) is 4.90. The van der Waals surface area contributed by atoms with Gasteiger partial charge in [-0.05, 0) is 13.0 Å². The lowest BCUT2D eigenvalue weighted by molar-refractivity contribution is -0.153. The van der Waals surface area contributed by atoms with Crippen molar-refractivity contribution >= 4 is 5.97 Å². The highest BCUT2D eigenvalue weighted by Gasteiger charge is 2.29. The van der Waals surface area contributed by atoms with Crippen LogP contribution in [0.15, 0.2) is 0 Å². The molecule has 1 fully saturated rings. The van der Waals surface area contributed by atoms with Gasteiger partial charge in [-0.1, -0.05) is 13.3 Å². The number of carbonyl (C=O) groups is 1. The third-order valence-electron chi connectivity index (χ3n) is 2.51. The quantitative estimate of drug-likeness (QED) is 0.626. The Morgan fingerprint density at radius 1 is 1.64 bits per heavy atom. The van der Waals surface area contributed by atoms with Crippen LogP contribution in [0.1, 0.15) is 19.8 Å². The van der Waals surface area contributed by atoms with E-state index < -0.39 is 0 Å². The maximum Gasteiger partial charge on any atom is 0.325 e. The molecule has 4 nitrogen and oxygen atoms in total. The van der Waals surface area contributed by atoms with Crippen molar-refractivity contribution in [3.63, 3.8) is 0 Å². The van der Waals surface area contributed by atoms with Crippen LogP contribution in [0.4, 0.5) is 0 Å². The van der Waals surface area contributed by atoms with Crippen LogP contribution in [0.5, 0.6) is 0 Å². The van der Waals surface area contributed by atoms with E-state index in [1.54, 1.807) is 0 Å². The van der Waals surface area contributed by atoms with Gasteiger partial charge < -0.3 is 9.47 Å². The van der Waals surface area contributed by atoms with Gasteiger partial charge >= 0.3 is 5.97 Å². The second-order valence-corrected chi connectivity index (χ2v) is 3.50. The van der Waals surface area contributed by atoms with Crippen molar-refractivity contribution in [1.29, 1.82) is 0 Å². The molecule has 14 heavy (non-hydrogen) atoms. The fraction of sp³-hybridized carbons (Fsp3) is 0.900. The SMILES string of the molecule is CCCCN1CCOC[C@H]1C(=O)OC. The van der Waals surface area contributed by atoms with Gasteiger partial charge in [0.2, 0.25) is 0 Å². The summed E-state index contributed by atoms with van der Waals surface area (Å²) < 4.78 is 10.0. The number of esters is 1. The second kappa shape index (κ2) is 5.98. The number of unbranched alkanes of at least 4 members (excludes halogenated alkanes) is 1. The van der Waals surface area contributed by atoms with Crippen molar-refractivity contribution in [1.82, 2.24) is 4.90 Å². The molecule has 1 aliphatic rings. The van der Waals surface area contributed by atoms with Gasteiger partial charge in [-0.2, -0.15) is 0 Å². The molecular weight excluding hydrogens is 182 g/mol. The lowest BCUT2D eigenvalue weighted by Gasteiger charge is -2.33. The molecule has 1 saturated heterocycles. The Balaban J connectivity index is 2.45. The van der Waals surface area contributed by atoms with Gasteiger partial charge in [0.15, 0.2) is 0 Å². The zero-order valence-electron chi connectivity index (χ0n) is 8.99. The second-order valence-electron chi connectivity index (χ2n) is 3.50. The van der Waals surface area contributed by atoms with Crippen molar-refractivity contribution in [2.45, 2.75) is 25.8 Å². The number of carbonyl (C=O) groups excluding carboxylic acids is 1. The topological polar surface area (TPSA) is 38.8 Å². The minimum absolute atomic E-state index is 0.180. The summed E-state index contributed by atoms with van der Waals surface area (Å²) in [6.45, 7) is 5.13. The van der Waals surface area contributed by atoms with Gasteiger partial charge in [0, 0.05) is 6.54 Å². The van der Waals surface area contributed by atoms with E-state index >= 15 is 0 Å². The van der Waals surface area contributed by atoms with Crippen LogP contribution in [-0.4, -0.2) is 50.3 Å². The Morgan fingerprint density at radius 3 is 3.07 bits per heavy atom. The zero-order chi connectivity index (χ0) is 10.4. The molecule has 1 aliphatic heterocycles. The first kappa shape index (κ1) is 11.5. The standard InChI is InChI=1S/C10H19NO3/c1-3-4-5-11-6-7-14-8-9(11)10(12)13-2/h9H,3-8H2,1-2H3/t9-/m0/s1. The van der Waals surface area contributed by atoms with Crippen LogP contribution in [0.3, 0.4) is 0 Å². The number of nitrogens with zero attached hydrogens (tertiary/aromatic N) is 1. The monoisotopic (exact) mass is 201 g/mol. The largest absolute Gasteiger partial charge is 0.468 e. The number of hydrogen-bond acceptors (Lipinski definition) is 4. The van der Waals surface area contributed by atoms with Crippen LogP contribution >= 0.6 is 0 Å². The highest BCUT2D eigenvalue weighted by atomic mass is 16.5. The van der Waals surface area contributed by atoms with E-state index in [9.17, 15) is 4.79 Å². The fourth-order valence-electron chi connectivity index (χ4n) is 1.62. The van der Waals surface area contributed by atoms with Crippen LogP contribution in [0.25, 0.3) is 0 Å². The molecule has 0 saturated carbocycles. The summed E-state index contributed by atoms with van der Waals surface area (Å²) in [5.41, 5.74) is 0. The first-order valence-electron chi connectivity index (χ1n) is 5.19. The number of rotatable bonds is 4. The molecule has 1 heterocycles. The molecule has 0 spiro atoms. The van der Waals surface area contributed by atoms with Crippen LogP contribution in [0.2, 0.25) is 0 Å². The first-order chi connectivity index (χ1) is 6.79. The van der Waals surface area contributed by atoms with Gasteiger partial charge in [0.25, 0.3) is 0 Å². The summed E-state index contributed by atoms with van der Waals surface area (Å²) in [5.74, 6) is -0.180. The number of hydrogen-bond donors (Lipinski definition) is 0. The van der Waals surface area contributed by atoms with Crippen molar-refractivity contribution in [2.24, 2.45) is 0 Å². The van der Waals surface area contributed by atoms with E-state index in [2.05, 4.69) is 11.8 Å². The van der Waals surface area contributed by atoms with Crippen molar-refractivity contribution in [2.75, 3.05) is 33.4 Å². The minimum Gasteiger partial charge on any atom is -0.468 e. The molecule has 0 unspecified atom stereocenters. The number of ether oxygens (including phenoxy) is 2. The number of morpholine rings is 1. The van der Waals surface area contributed by atoms with E-state index in [4.69, 9.17) is 9.47 Å². The molecule has 0 aromatic heterocycles. The summed E-state index contributed by atoms with van der Waals surface area (Å²) in [4.78, 5) is 13.5. The minimum atomic E-state index is -0.194. The predicted molar refractivity (Wildman–Crippen MR) is 53.1 cm³/mol. The Labute approximate surface area is 85.2 Å². The van der Waals surface area contributed by atoms with Gasteiger partial charge in [-0.15, -0.1) is 0 Å². The molecule has 1 atom stereocenters. The maximum absolute atomic E-state index is 11.4. The molecule has 4 heteroatoms. The van der Waals surface area contributed by atoms with E-state index in [1.165, 1.54) is 7.11 Å². The van der Waals surface area contributed by atoms with Crippen molar-refractivity contribution in [3.05, 3.63) is 0 Å². The van der Waals surface area contributed by atoms with E-state index in [1.807, 2.05) is 0 Å². The summed E-state index contributed by atoms with van der Waals surface area (Å²) in [5, 5.41) is 0. The van der Waals surface area contributed by atoms with Crippen molar-refractivity contribution < 1.29 is 14.3 Å². The summed E-state index contributed by atoms with van der Waals surface area (Å²) >= 11 is 0. The Bertz CT molecular complexity index is 184. The van der Waals surface area contributed by atoms with E-state index in [0.717, 1.165) is 32.5 Å². The molecule has 0 bridgehead atoms. The lowest BCUT2D eigenvalue weighted by atomic mass is 10.2. The molecule has 0 aromatic rings. The Morgan fingerprint density at radius 2 is 2.43 bits per heavy atom. The molecule has 0 aliphatic carbocycles. The smallest absolute Gasteiger partial charge is 0.325 e. The molecule has 0 amide bonds. The molecule has 1 rings (SSSR count). The van der Waals surface area contributed by atoms with Gasteiger partial charge in [0.05, 0.1) is 20.3 Å². The molecule has 0 N–H and O–H groups in total. The van der Waals surface area contributed by atoms with Crippen LogP contribution in [0, 0.1) is 0 Å². The summed E-state index contributed by atoms with van der Waals surface area (Å²) in [6.07, 6.45) is 2.26. The first-order valence-corrected chi connectivity index (χ1v) is 5.19. The molecular formula is C10H19NO3. The van der Waals surface area contributed by atoms with Crippen LogP contribution in [-0.2, 0) is 14.3 Å². The normalized spacial score (nSPS) is 23.4. The van der Waals surface area contributed by atoms with Crippen molar-refractivity contribution in [3.8, 4) is 0 Å². The fourth-order valence-corrected chi connectivity index (χ4v) is 1.62. The van der Waals surface area contributed by atoms with E-state index in [-0.39, 0.29) is 12.0 Å². The van der Waals surface area contributed by atoms with Crippen LogP contribution < -0.4 is 0 Å². The average molecular weight is 201 g/mol. The maximum atomic E-state index is 11.4. The average Bonchev–Trinajstić information content (AvgIpc) is 2.25.